The molecular formula is C24H17Cl2N3O4. The van der Waals surface area contributed by atoms with Gasteiger partial charge in [0.2, 0.25) is 0 Å². The maximum absolute atomic E-state index is 12.5. The highest BCUT2D eigenvalue weighted by atomic mass is 35.5. The molecule has 0 radical (unpaired) electrons. The number of fused-ring (bicyclic) bond motifs is 1. The van der Waals surface area contributed by atoms with E-state index in [-0.39, 0.29) is 5.91 Å². The van der Waals surface area contributed by atoms with Gasteiger partial charge in [-0.3, -0.25) is 14.9 Å². The summed E-state index contributed by atoms with van der Waals surface area (Å²) in [4.78, 5) is 37.0. The van der Waals surface area contributed by atoms with Crippen LogP contribution in [0.2, 0.25) is 10.0 Å². The van der Waals surface area contributed by atoms with Crippen LogP contribution in [0.3, 0.4) is 0 Å². The van der Waals surface area contributed by atoms with Gasteiger partial charge in [-0.05, 0) is 60.2 Å². The Morgan fingerprint density at radius 2 is 1.73 bits per heavy atom. The number of carbonyl (C=O) groups excluding carboxylic acids is 3. The second kappa shape index (κ2) is 9.36. The average molecular weight is 482 g/mol. The number of anilines is 2. The molecule has 0 unspecified atom stereocenters. The van der Waals surface area contributed by atoms with Crippen LogP contribution in [0.5, 0.6) is 5.75 Å². The van der Waals surface area contributed by atoms with Crippen LogP contribution >= 0.6 is 23.2 Å². The van der Waals surface area contributed by atoms with E-state index in [4.69, 9.17) is 27.9 Å². The molecule has 1 aliphatic heterocycles. The van der Waals surface area contributed by atoms with Crippen molar-refractivity contribution < 1.29 is 19.1 Å². The highest BCUT2D eigenvalue weighted by Crippen LogP contribution is 2.35. The first-order chi connectivity index (χ1) is 15.8. The van der Waals surface area contributed by atoms with Gasteiger partial charge in [-0.25, -0.2) is 4.79 Å². The summed E-state index contributed by atoms with van der Waals surface area (Å²) in [6, 6.07) is 15.7. The summed E-state index contributed by atoms with van der Waals surface area (Å²) in [5.41, 5.74) is 3.10. The molecule has 0 fully saturated rings. The van der Waals surface area contributed by atoms with E-state index in [9.17, 15) is 14.4 Å². The summed E-state index contributed by atoms with van der Waals surface area (Å²) < 4.78 is 5.05. The predicted molar refractivity (Wildman–Crippen MR) is 129 cm³/mol. The van der Waals surface area contributed by atoms with Crippen LogP contribution in [-0.2, 0) is 4.79 Å². The van der Waals surface area contributed by atoms with E-state index in [1.54, 1.807) is 66.7 Å². The Morgan fingerprint density at radius 3 is 2.42 bits per heavy atom. The topological polar surface area (TPSA) is 96.5 Å². The van der Waals surface area contributed by atoms with Gasteiger partial charge in [0.15, 0.2) is 0 Å². The van der Waals surface area contributed by atoms with Gasteiger partial charge in [0.05, 0.1) is 22.8 Å². The molecule has 0 aromatic heterocycles. The summed E-state index contributed by atoms with van der Waals surface area (Å²) in [6.45, 7) is 0. The number of ether oxygens (including phenoxy) is 1. The van der Waals surface area contributed by atoms with E-state index in [0.29, 0.717) is 43.9 Å². The molecule has 1 aliphatic rings. The van der Waals surface area contributed by atoms with Crippen molar-refractivity contribution in [3.63, 3.8) is 0 Å². The third kappa shape index (κ3) is 5.00. The lowest BCUT2D eigenvalue weighted by atomic mass is 10.0. The number of amides is 4. The zero-order valence-electron chi connectivity index (χ0n) is 17.2. The number of nitrogens with one attached hydrogen (secondary N) is 3. The summed E-state index contributed by atoms with van der Waals surface area (Å²) in [6.07, 6.45) is 1.71. The van der Waals surface area contributed by atoms with E-state index in [1.807, 2.05) is 0 Å². The highest BCUT2D eigenvalue weighted by molar-refractivity contribution is 6.42. The van der Waals surface area contributed by atoms with Gasteiger partial charge >= 0.3 is 6.03 Å². The number of methoxy groups -OCH3 is 1. The van der Waals surface area contributed by atoms with E-state index >= 15 is 0 Å². The molecule has 0 spiro atoms. The molecule has 0 atom stereocenters. The second-order valence-corrected chi connectivity index (χ2v) is 7.90. The fourth-order valence-electron chi connectivity index (χ4n) is 3.26. The lowest BCUT2D eigenvalue weighted by molar-refractivity contribution is -0.110. The maximum Gasteiger partial charge on any atom is 0.326 e. The molecule has 3 N–H and O–H groups in total. The minimum atomic E-state index is -0.702. The molecular weight excluding hydrogens is 465 g/mol. The Kier molecular flexibility index (Phi) is 6.35. The number of hydrogen-bond donors (Lipinski definition) is 3. The third-order valence-electron chi connectivity index (χ3n) is 4.89. The minimum absolute atomic E-state index is 0.285. The van der Waals surface area contributed by atoms with Crippen LogP contribution in [0.25, 0.3) is 11.6 Å². The molecule has 7 nitrogen and oxygen atoms in total. The second-order valence-electron chi connectivity index (χ2n) is 7.08. The first-order valence-electron chi connectivity index (χ1n) is 9.73. The Morgan fingerprint density at radius 1 is 0.970 bits per heavy atom. The molecule has 3 aromatic rings. The van der Waals surface area contributed by atoms with Gasteiger partial charge in [-0.2, -0.15) is 0 Å². The van der Waals surface area contributed by atoms with Crippen molar-refractivity contribution in [2.75, 3.05) is 17.7 Å². The van der Waals surface area contributed by atoms with Crippen molar-refractivity contribution in [3.8, 4) is 5.75 Å². The quantitative estimate of drug-likeness (QED) is 0.431. The van der Waals surface area contributed by atoms with Crippen LogP contribution in [0.4, 0.5) is 16.2 Å². The Hall–Kier alpha value is -3.81. The molecule has 166 valence electrons. The van der Waals surface area contributed by atoms with E-state index in [2.05, 4.69) is 16.0 Å². The lowest BCUT2D eigenvalue weighted by Gasteiger charge is -2.09. The maximum atomic E-state index is 12.5. The standard InChI is InChI=1S/C24H17Cl2N3O4/c1-33-16-6-3-14(4-7-16)22(30)29-24(32)27-15-5-8-17-18(23(31)28-21(17)12-15)10-13-2-9-19(25)20(26)11-13/h2-12H,1H3,(H,28,31)(H2,27,29,30,32)/b18-10+. The third-order valence-corrected chi connectivity index (χ3v) is 5.63. The summed E-state index contributed by atoms with van der Waals surface area (Å²) >= 11 is 12.0. The van der Waals surface area contributed by atoms with Crippen molar-refractivity contribution in [2.24, 2.45) is 0 Å². The zero-order valence-corrected chi connectivity index (χ0v) is 18.8. The summed E-state index contributed by atoms with van der Waals surface area (Å²) in [5.74, 6) is -0.243. The van der Waals surface area contributed by atoms with Gasteiger partial charge < -0.3 is 15.4 Å². The number of halogens is 2. The van der Waals surface area contributed by atoms with Crippen LogP contribution in [-0.4, -0.2) is 25.0 Å². The van der Waals surface area contributed by atoms with Crippen LogP contribution < -0.4 is 20.7 Å². The first kappa shape index (κ1) is 22.4. The fourth-order valence-corrected chi connectivity index (χ4v) is 3.57. The van der Waals surface area contributed by atoms with Crippen molar-refractivity contribution >= 4 is 64.1 Å². The van der Waals surface area contributed by atoms with Crippen molar-refractivity contribution in [1.82, 2.24) is 5.32 Å². The Labute approximate surface area is 199 Å². The number of rotatable bonds is 4. The molecule has 1 heterocycles. The van der Waals surface area contributed by atoms with Gasteiger partial charge in [0.25, 0.3) is 11.8 Å². The van der Waals surface area contributed by atoms with Gasteiger partial charge in [0.1, 0.15) is 5.75 Å². The Balaban J connectivity index is 1.47. The van der Waals surface area contributed by atoms with Crippen LogP contribution in [0, 0.1) is 0 Å². The van der Waals surface area contributed by atoms with Crippen LogP contribution in [0.15, 0.2) is 60.7 Å². The normalized spacial score (nSPS) is 13.3. The number of imide groups is 1. The van der Waals surface area contributed by atoms with E-state index < -0.39 is 11.9 Å². The number of benzene rings is 3. The summed E-state index contributed by atoms with van der Waals surface area (Å²) in [5, 5.41) is 8.43. The highest BCUT2D eigenvalue weighted by Gasteiger charge is 2.24. The van der Waals surface area contributed by atoms with Gasteiger partial charge in [-0.1, -0.05) is 35.3 Å². The average Bonchev–Trinajstić information content (AvgIpc) is 3.10. The molecule has 9 heteroatoms. The largest absolute Gasteiger partial charge is 0.497 e. The molecule has 0 aliphatic carbocycles. The SMILES string of the molecule is COc1ccc(C(=O)NC(=O)Nc2ccc3c(c2)NC(=O)/C3=C/c2ccc(Cl)c(Cl)c2)cc1. The fraction of sp³-hybridized carbons (Fsp3) is 0.0417. The first-order valence-corrected chi connectivity index (χ1v) is 10.5. The van der Waals surface area contributed by atoms with Gasteiger partial charge in [0, 0.05) is 22.4 Å². The van der Waals surface area contributed by atoms with E-state index in [1.165, 1.54) is 7.11 Å². The number of hydrogen-bond acceptors (Lipinski definition) is 4. The molecule has 33 heavy (non-hydrogen) atoms. The van der Waals surface area contributed by atoms with Crippen molar-refractivity contribution in [3.05, 3.63) is 87.4 Å². The lowest BCUT2D eigenvalue weighted by Crippen LogP contribution is -2.34. The summed E-state index contributed by atoms with van der Waals surface area (Å²) in [7, 11) is 1.52. The number of urea groups is 1. The smallest absolute Gasteiger partial charge is 0.326 e. The van der Waals surface area contributed by atoms with Crippen molar-refractivity contribution in [1.29, 1.82) is 0 Å². The Bertz CT molecular complexity index is 1300. The predicted octanol–water partition coefficient (Wildman–Crippen LogP) is 5.46. The molecule has 4 rings (SSSR count). The molecule has 0 saturated heterocycles. The number of carbonyl (C=O) groups is 3. The van der Waals surface area contributed by atoms with Crippen molar-refractivity contribution in [2.45, 2.75) is 0 Å². The van der Waals surface area contributed by atoms with Crippen LogP contribution in [0.1, 0.15) is 21.5 Å². The molecule has 3 aromatic carbocycles. The molecule has 0 saturated carbocycles. The molecule has 0 bridgehead atoms. The monoisotopic (exact) mass is 481 g/mol. The minimum Gasteiger partial charge on any atom is -0.497 e. The van der Waals surface area contributed by atoms with E-state index in [0.717, 1.165) is 5.56 Å². The zero-order chi connectivity index (χ0) is 23.5. The molecule has 4 amide bonds. The van der Waals surface area contributed by atoms with Gasteiger partial charge in [-0.15, -0.1) is 0 Å².